The standard InChI is InChI=1S/C13H22N4O2/c1-8(2)6-14-12(18)10(4)17-11-9(3)13(19-5)16-7-15-11/h7-8,10H,6H2,1-5H3,(H,14,18)(H,15,16,17). The first-order chi connectivity index (χ1) is 8.95. The van der Waals surface area contributed by atoms with Crippen molar-refractivity contribution in [3.05, 3.63) is 11.9 Å². The number of nitrogens with zero attached hydrogens (tertiary/aromatic N) is 2. The molecule has 0 aliphatic carbocycles. The lowest BCUT2D eigenvalue weighted by molar-refractivity contribution is -0.121. The minimum Gasteiger partial charge on any atom is -0.481 e. The molecule has 19 heavy (non-hydrogen) atoms. The van der Waals surface area contributed by atoms with Gasteiger partial charge in [-0.15, -0.1) is 0 Å². The molecule has 0 fully saturated rings. The number of methoxy groups -OCH3 is 1. The van der Waals surface area contributed by atoms with Crippen molar-refractivity contribution in [2.24, 2.45) is 5.92 Å². The van der Waals surface area contributed by atoms with Crippen LogP contribution in [0.25, 0.3) is 0 Å². The molecule has 1 unspecified atom stereocenters. The van der Waals surface area contributed by atoms with Gasteiger partial charge in [0.05, 0.1) is 12.7 Å². The number of carbonyl (C=O) groups excluding carboxylic acids is 1. The van der Waals surface area contributed by atoms with Gasteiger partial charge in [0.25, 0.3) is 0 Å². The van der Waals surface area contributed by atoms with Gasteiger partial charge in [0.1, 0.15) is 18.2 Å². The van der Waals surface area contributed by atoms with E-state index in [2.05, 4.69) is 34.4 Å². The van der Waals surface area contributed by atoms with E-state index in [9.17, 15) is 4.79 Å². The average molecular weight is 266 g/mol. The molecule has 2 N–H and O–H groups in total. The van der Waals surface area contributed by atoms with Gasteiger partial charge in [-0.3, -0.25) is 4.79 Å². The van der Waals surface area contributed by atoms with Crippen LogP contribution in [0.3, 0.4) is 0 Å². The Hall–Kier alpha value is -1.85. The number of hydrogen-bond donors (Lipinski definition) is 2. The highest BCUT2D eigenvalue weighted by molar-refractivity contribution is 5.84. The molecule has 106 valence electrons. The Kier molecular flexibility index (Phi) is 5.54. The molecule has 0 saturated heterocycles. The minimum atomic E-state index is -0.364. The maximum absolute atomic E-state index is 11.9. The van der Waals surface area contributed by atoms with Gasteiger partial charge < -0.3 is 15.4 Å². The minimum absolute atomic E-state index is 0.0503. The Morgan fingerprint density at radius 2 is 2.05 bits per heavy atom. The van der Waals surface area contributed by atoms with E-state index in [4.69, 9.17) is 4.74 Å². The zero-order chi connectivity index (χ0) is 14.4. The maximum atomic E-state index is 11.9. The third-order valence-corrected chi connectivity index (χ3v) is 2.66. The first-order valence-electron chi connectivity index (χ1n) is 6.35. The number of nitrogens with one attached hydrogen (secondary N) is 2. The highest BCUT2D eigenvalue weighted by Crippen LogP contribution is 2.20. The molecule has 1 amide bonds. The first kappa shape index (κ1) is 15.2. The fourth-order valence-corrected chi connectivity index (χ4v) is 1.51. The quantitative estimate of drug-likeness (QED) is 0.813. The summed E-state index contributed by atoms with van der Waals surface area (Å²) in [5.74, 6) is 1.49. The van der Waals surface area contributed by atoms with Crippen LogP contribution in [0.2, 0.25) is 0 Å². The van der Waals surface area contributed by atoms with Crippen molar-refractivity contribution in [1.82, 2.24) is 15.3 Å². The van der Waals surface area contributed by atoms with Crippen molar-refractivity contribution >= 4 is 11.7 Å². The Morgan fingerprint density at radius 1 is 1.37 bits per heavy atom. The van der Waals surface area contributed by atoms with Gasteiger partial charge in [-0.1, -0.05) is 13.8 Å². The third-order valence-electron chi connectivity index (χ3n) is 2.66. The van der Waals surface area contributed by atoms with Gasteiger partial charge in [-0.2, -0.15) is 0 Å². The predicted octanol–water partition coefficient (Wildman–Crippen LogP) is 1.37. The van der Waals surface area contributed by atoms with Crippen LogP contribution < -0.4 is 15.4 Å². The SMILES string of the molecule is COc1ncnc(NC(C)C(=O)NCC(C)C)c1C. The van der Waals surface area contributed by atoms with Crippen molar-refractivity contribution < 1.29 is 9.53 Å². The van der Waals surface area contributed by atoms with Crippen molar-refractivity contribution in [2.45, 2.75) is 33.7 Å². The summed E-state index contributed by atoms with van der Waals surface area (Å²) < 4.78 is 5.11. The molecule has 0 aliphatic rings. The largest absolute Gasteiger partial charge is 0.481 e. The lowest BCUT2D eigenvalue weighted by atomic mass is 10.2. The molecule has 1 heterocycles. The van der Waals surface area contributed by atoms with E-state index < -0.39 is 0 Å². The smallest absolute Gasteiger partial charge is 0.242 e. The molecular formula is C13H22N4O2. The Labute approximate surface area is 114 Å². The second kappa shape index (κ2) is 6.92. The third kappa shape index (κ3) is 4.39. The van der Waals surface area contributed by atoms with Gasteiger partial charge in [-0.05, 0) is 19.8 Å². The summed E-state index contributed by atoms with van der Waals surface area (Å²) in [5, 5.41) is 5.94. The van der Waals surface area contributed by atoms with Crippen LogP contribution in [0.15, 0.2) is 6.33 Å². The fourth-order valence-electron chi connectivity index (χ4n) is 1.51. The molecule has 0 radical (unpaired) electrons. The summed E-state index contributed by atoms with van der Waals surface area (Å²) in [7, 11) is 1.55. The molecule has 6 nitrogen and oxygen atoms in total. The molecule has 1 rings (SSSR count). The summed E-state index contributed by atoms with van der Waals surface area (Å²) in [6.45, 7) is 8.41. The van der Waals surface area contributed by atoms with E-state index in [1.807, 2.05) is 6.92 Å². The van der Waals surface area contributed by atoms with Gasteiger partial charge in [0.2, 0.25) is 11.8 Å². The van der Waals surface area contributed by atoms with Gasteiger partial charge in [0, 0.05) is 6.54 Å². The number of carbonyl (C=O) groups is 1. The summed E-state index contributed by atoms with van der Waals surface area (Å²) in [6, 6.07) is -0.364. The average Bonchev–Trinajstić information content (AvgIpc) is 2.38. The second-order valence-corrected chi connectivity index (χ2v) is 4.86. The highest BCUT2D eigenvalue weighted by atomic mass is 16.5. The first-order valence-corrected chi connectivity index (χ1v) is 6.35. The Balaban J connectivity index is 2.66. The number of ether oxygens (including phenoxy) is 1. The van der Waals surface area contributed by atoms with Gasteiger partial charge in [0.15, 0.2) is 0 Å². The number of hydrogen-bond acceptors (Lipinski definition) is 5. The number of aromatic nitrogens is 2. The van der Waals surface area contributed by atoms with Crippen molar-refractivity contribution in [2.75, 3.05) is 19.0 Å². The van der Waals surface area contributed by atoms with Crippen molar-refractivity contribution in [3.8, 4) is 5.88 Å². The lowest BCUT2D eigenvalue weighted by Crippen LogP contribution is -2.39. The van der Waals surface area contributed by atoms with Crippen LogP contribution in [0.1, 0.15) is 26.3 Å². The van der Waals surface area contributed by atoms with E-state index in [-0.39, 0.29) is 11.9 Å². The van der Waals surface area contributed by atoms with E-state index in [0.29, 0.717) is 24.2 Å². The van der Waals surface area contributed by atoms with E-state index in [1.165, 1.54) is 6.33 Å². The molecule has 6 heteroatoms. The second-order valence-electron chi connectivity index (χ2n) is 4.86. The number of amides is 1. The van der Waals surface area contributed by atoms with Crippen LogP contribution in [-0.4, -0.2) is 35.6 Å². The molecule has 1 aromatic rings. The zero-order valence-corrected chi connectivity index (χ0v) is 12.2. The van der Waals surface area contributed by atoms with Crippen LogP contribution in [0.4, 0.5) is 5.82 Å². The molecule has 1 aromatic heterocycles. The van der Waals surface area contributed by atoms with Crippen LogP contribution >= 0.6 is 0 Å². The Morgan fingerprint density at radius 3 is 2.63 bits per heavy atom. The number of anilines is 1. The van der Waals surface area contributed by atoms with E-state index in [0.717, 1.165) is 5.56 Å². The van der Waals surface area contributed by atoms with E-state index >= 15 is 0 Å². The summed E-state index contributed by atoms with van der Waals surface area (Å²) >= 11 is 0. The van der Waals surface area contributed by atoms with Gasteiger partial charge >= 0.3 is 0 Å². The molecule has 1 atom stereocenters. The number of rotatable bonds is 6. The molecule has 0 aliphatic heterocycles. The summed E-state index contributed by atoms with van der Waals surface area (Å²) in [5.41, 5.74) is 0.786. The Bertz CT molecular complexity index is 435. The summed E-state index contributed by atoms with van der Waals surface area (Å²) in [4.78, 5) is 20.0. The van der Waals surface area contributed by atoms with Crippen LogP contribution in [0.5, 0.6) is 5.88 Å². The van der Waals surface area contributed by atoms with Crippen molar-refractivity contribution in [3.63, 3.8) is 0 Å². The van der Waals surface area contributed by atoms with Crippen LogP contribution in [-0.2, 0) is 4.79 Å². The maximum Gasteiger partial charge on any atom is 0.242 e. The topological polar surface area (TPSA) is 76.1 Å². The molecular weight excluding hydrogens is 244 g/mol. The fraction of sp³-hybridized carbons (Fsp3) is 0.615. The molecule has 0 spiro atoms. The zero-order valence-electron chi connectivity index (χ0n) is 12.2. The van der Waals surface area contributed by atoms with Gasteiger partial charge in [-0.25, -0.2) is 9.97 Å². The van der Waals surface area contributed by atoms with Crippen molar-refractivity contribution in [1.29, 1.82) is 0 Å². The van der Waals surface area contributed by atoms with Crippen LogP contribution in [0, 0.1) is 12.8 Å². The lowest BCUT2D eigenvalue weighted by Gasteiger charge is -2.17. The normalized spacial score (nSPS) is 12.1. The monoisotopic (exact) mass is 266 g/mol. The predicted molar refractivity (Wildman–Crippen MR) is 74.3 cm³/mol. The molecule has 0 aromatic carbocycles. The molecule has 0 saturated carbocycles. The molecule has 0 bridgehead atoms. The highest BCUT2D eigenvalue weighted by Gasteiger charge is 2.15. The summed E-state index contributed by atoms with van der Waals surface area (Å²) in [6.07, 6.45) is 1.41. The van der Waals surface area contributed by atoms with E-state index in [1.54, 1.807) is 14.0 Å².